The minimum atomic E-state index is -0.0518. The summed E-state index contributed by atoms with van der Waals surface area (Å²) < 4.78 is 11.1. The van der Waals surface area contributed by atoms with Gasteiger partial charge in [-0.1, -0.05) is 30.3 Å². The van der Waals surface area contributed by atoms with Crippen molar-refractivity contribution in [3.63, 3.8) is 0 Å². The van der Waals surface area contributed by atoms with Crippen molar-refractivity contribution in [3.8, 4) is 0 Å². The highest BCUT2D eigenvalue weighted by Crippen LogP contribution is 2.22. The zero-order chi connectivity index (χ0) is 11.2. The molecule has 1 heterocycles. The molecule has 1 aromatic carbocycles. The van der Waals surface area contributed by atoms with Gasteiger partial charge in [0.25, 0.3) is 0 Å². The first kappa shape index (κ1) is 11.9. The summed E-state index contributed by atoms with van der Waals surface area (Å²) in [5.41, 5.74) is 1.12. The summed E-state index contributed by atoms with van der Waals surface area (Å²) in [5, 5.41) is -0.0518. The van der Waals surface area contributed by atoms with Crippen LogP contribution in [0, 0.1) is 0 Å². The molecular formula is C13H17ClO2. The maximum atomic E-state index is 6.27. The smallest absolute Gasteiger partial charge is 0.0819 e. The number of rotatable bonds is 4. The predicted molar refractivity (Wildman–Crippen MR) is 64.8 cm³/mol. The Labute approximate surface area is 102 Å². The van der Waals surface area contributed by atoms with E-state index >= 15 is 0 Å². The maximum absolute atomic E-state index is 6.27. The van der Waals surface area contributed by atoms with E-state index in [4.69, 9.17) is 21.1 Å². The summed E-state index contributed by atoms with van der Waals surface area (Å²) in [4.78, 5) is 0. The van der Waals surface area contributed by atoms with Gasteiger partial charge in [0.1, 0.15) is 0 Å². The summed E-state index contributed by atoms with van der Waals surface area (Å²) >= 11 is 6.27. The van der Waals surface area contributed by atoms with Gasteiger partial charge in [-0.25, -0.2) is 0 Å². The van der Waals surface area contributed by atoms with Gasteiger partial charge in [-0.2, -0.15) is 0 Å². The third-order valence-electron chi connectivity index (χ3n) is 2.81. The van der Waals surface area contributed by atoms with Gasteiger partial charge in [-0.05, 0) is 18.4 Å². The highest BCUT2D eigenvalue weighted by Gasteiger charge is 2.16. The van der Waals surface area contributed by atoms with Crippen LogP contribution in [0.5, 0.6) is 0 Å². The molecule has 1 aliphatic heterocycles. The molecule has 0 aromatic heterocycles. The van der Waals surface area contributed by atoms with E-state index in [-0.39, 0.29) is 5.38 Å². The Bertz CT molecular complexity index is 296. The fourth-order valence-corrected chi connectivity index (χ4v) is 2.04. The molecule has 2 rings (SSSR count). The molecule has 0 radical (unpaired) electrons. The minimum absolute atomic E-state index is 0.0518. The second-order valence-electron chi connectivity index (χ2n) is 4.02. The zero-order valence-corrected chi connectivity index (χ0v) is 10.0. The average Bonchev–Trinajstić information content (AvgIpc) is 2.38. The van der Waals surface area contributed by atoms with Gasteiger partial charge in [0, 0.05) is 13.2 Å². The SMILES string of the molecule is ClC(COC1CCOCC1)c1ccccc1. The summed E-state index contributed by atoms with van der Waals surface area (Å²) in [5.74, 6) is 0. The molecule has 0 N–H and O–H groups in total. The molecule has 0 saturated carbocycles. The van der Waals surface area contributed by atoms with Crippen molar-refractivity contribution in [2.45, 2.75) is 24.3 Å². The number of hydrogen-bond acceptors (Lipinski definition) is 2. The van der Waals surface area contributed by atoms with Crippen molar-refractivity contribution in [1.29, 1.82) is 0 Å². The first-order chi connectivity index (χ1) is 7.86. The van der Waals surface area contributed by atoms with Crippen molar-refractivity contribution < 1.29 is 9.47 Å². The number of halogens is 1. The second-order valence-corrected chi connectivity index (χ2v) is 4.55. The minimum Gasteiger partial charge on any atom is -0.381 e. The monoisotopic (exact) mass is 240 g/mol. The molecule has 1 atom stereocenters. The molecule has 16 heavy (non-hydrogen) atoms. The largest absolute Gasteiger partial charge is 0.381 e. The van der Waals surface area contributed by atoms with Gasteiger partial charge in [0.05, 0.1) is 18.1 Å². The molecule has 3 heteroatoms. The first-order valence-corrected chi connectivity index (χ1v) is 6.18. The standard InChI is InChI=1S/C13H17ClO2/c14-13(11-4-2-1-3-5-11)10-16-12-6-8-15-9-7-12/h1-5,12-13H,6-10H2. The molecule has 0 aliphatic carbocycles. The lowest BCUT2D eigenvalue weighted by molar-refractivity contribution is -0.0316. The van der Waals surface area contributed by atoms with Gasteiger partial charge in [-0.3, -0.25) is 0 Å². The third-order valence-corrected chi connectivity index (χ3v) is 3.19. The van der Waals surface area contributed by atoms with E-state index in [1.54, 1.807) is 0 Å². The quantitative estimate of drug-likeness (QED) is 0.753. The lowest BCUT2D eigenvalue weighted by Crippen LogP contribution is -2.24. The van der Waals surface area contributed by atoms with E-state index in [9.17, 15) is 0 Å². The van der Waals surface area contributed by atoms with Crippen LogP contribution in [0.1, 0.15) is 23.8 Å². The lowest BCUT2D eigenvalue weighted by atomic mass is 10.1. The summed E-state index contributed by atoms with van der Waals surface area (Å²) in [7, 11) is 0. The fraction of sp³-hybridized carbons (Fsp3) is 0.538. The molecule has 1 aliphatic rings. The highest BCUT2D eigenvalue weighted by molar-refractivity contribution is 6.20. The summed E-state index contributed by atoms with van der Waals surface area (Å²) in [6, 6.07) is 10.1. The molecule has 1 unspecified atom stereocenters. The van der Waals surface area contributed by atoms with Crippen LogP contribution in [-0.2, 0) is 9.47 Å². The van der Waals surface area contributed by atoms with Gasteiger partial charge >= 0.3 is 0 Å². The fourth-order valence-electron chi connectivity index (χ4n) is 1.82. The van der Waals surface area contributed by atoms with Crippen LogP contribution in [0.3, 0.4) is 0 Å². The Kier molecular flexibility index (Phi) is 4.64. The highest BCUT2D eigenvalue weighted by atomic mass is 35.5. The van der Waals surface area contributed by atoms with Crippen molar-refractivity contribution >= 4 is 11.6 Å². The van der Waals surface area contributed by atoms with Gasteiger partial charge in [-0.15, -0.1) is 11.6 Å². The molecular weight excluding hydrogens is 224 g/mol. The molecule has 2 nitrogen and oxygen atoms in total. The van der Waals surface area contributed by atoms with Crippen molar-refractivity contribution in [3.05, 3.63) is 35.9 Å². The number of alkyl halides is 1. The Morgan fingerprint density at radius 3 is 2.62 bits per heavy atom. The molecule has 88 valence electrons. The van der Waals surface area contributed by atoms with Gasteiger partial charge in [0.15, 0.2) is 0 Å². The molecule has 1 saturated heterocycles. The lowest BCUT2D eigenvalue weighted by Gasteiger charge is -2.23. The van der Waals surface area contributed by atoms with E-state index in [0.29, 0.717) is 12.7 Å². The zero-order valence-electron chi connectivity index (χ0n) is 9.27. The van der Waals surface area contributed by atoms with E-state index in [1.165, 1.54) is 0 Å². The predicted octanol–water partition coefficient (Wildman–Crippen LogP) is 3.16. The molecule has 0 bridgehead atoms. The van der Waals surface area contributed by atoms with E-state index in [2.05, 4.69) is 0 Å². The molecule has 1 aromatic rings. The van der Waals surface area contributed by atoms with Gasteiger partial charge in [0.2, 0.25) is 0 Å². The number of hydrogen-bond donors (Lipinski definition) is 0. The van der Waals surface area contributed by atoms with Crippen LogP contribution in [0.15, 0.2) is 30.3 Å². The first-order valence-electron chi connectivity index (χ1n) is 5.74. The van der Waals surface area contributed by atoms with Crippen molar-refractivity contribution in [2.75, 3.05) is 19.8 Å². The Morgan fingerprint density at radius 1 is 1.25 bits per heavy atom. The Balaban J connectivity index is 1.77. The van der Waals surface area contributed by atoms with Crippen molar-refractivity contribution in [2.24, 2.45) is 0 Å². The topological polar surface area (TPSA) is 18.5 Å². The van der Waals surface area contributed by atoms with E-state index < -0.39 is 0 Å². The van der Waals surface area contributed by atoms with Crippen LogP contribution in [0.2, 0.25) is 0 Å². The van der Waals surface area contributed by atoms with Crippen LogP contribution < -0.4 is 0 Å². The van der Waals surface area contributed by atoms with Crippen LogP contribution >= 0.6 is 11.6 Å². The third kappa shape index (κ3) is 3.48. The van der Waals surface area contributed by atoms with Gasteiger partial charge < -0.3 is 9.47 Å². The Morgan fingerprint density at radius 2 is 1.94 bits per heavy atom. The normalized spacial score (nSPS) is 19.6. The van der Waals surface area contributed by atoms with Crippen LogP contribution in [0.25, 0.3) is 0 Å². The molecule has 0 amide bonds. The molecule has 1 fully saturated rings. The average molecular weight is 241 g/mol. The van der Waals surface area contributed by atoms with Crippen LogP contribution in [0.4, 0.5) is 0 Å². The Hall–Kier alpha value is -0.570. The van der Waals surface area contributed by atoms with Crippen molar-refractivity contribution in [1.82, 2.24) is 0 Å². The van der Waals surface area contributed by atoms with E-state index in [0.717, 1.165) is 31.6 Å². The maximum Gasteiger partial charge on any atom is 0.0819 e. The summed E-state index contributed by atoms with van der Waals surface area (Å²) in [6.07, 6.45) is 2.29. The second kappa shape index (κ2) is 6.24. The summed E-state index contributed by atoms with van der Waals surface area (Å²) in [6.45, 7) is 2.20. The number of benzene rings is 1. The van der Waals surface area contributed by atoms with E-state index in [1.807, 2.05) is 30.3 Å². The molecule has 0 spiro atoms. The van der Waals surface area contributed by atoms with Crippen LogP contribution in [-0.4, -0.2) is 25.9 Å². The number of ether oxygens (including phenoxy) is 2.